The Bertz CT molecular complexity index is 789. The molecule has 1 saturated heterocycles. The fourth-order valence-corrected chi connectivity index (χ4v) is 4.17. The number of rotatable bonds is 0. The minimum Gasteiger partial charge on any atom is -0.461 e. The van der Waals surface area contributed by atoms with Crippen molar-refractivity contribution < 1.29 is 13.9 Å². The van der Waals surface area contributed by atoms with Gasteiger partial charge in [0, 0.05) is 27.9 Å². The van der Waals surface area contributed by atoms with Crippen LogP contribution in [0.1, 0.15) is 51.0 Å². The Morgan fingerprint density at radius 3 is 2.87 bits per heavy atom. The first-order chi connectivity index (χ1) is 10.8. The van der Waals surface area contributed by atoms with Gasteiger partial charge in [0.2, 0.25) is 0 Å². The molecule has 0 saturated carbocycles. The third kappa shape index (κ3) is 2.45. The maximum Gasteiger partial charge on any atom is 0.411 e. The van der Waals surface area contributed by atoms with Crippen LogP contribution in [0.4, 0.5) is 4.79 Å². The Kier molecular flexibility index (Phi) is 3.28. The van der Waals surface area contributed by atoms with Crippen LogP contribution in [0.2, 0.25) is 0 Å². The Balaban J connectivity index is 1.76. The highest BCUT2D eigenvalue weighted by atomic mass is 79.9. The minimum atomic E-state index is -0.472. The van der Waals surface area contributed by atoms with Crippen LogP contribution >= 0.6 is 15.9 Å². The molecular weight excluding hydrogens is 358 g/mol. The third-order valence-corrected chi connectivity index (χ3v) is 5.12. The summed E-state index contributed by atoms with van der Waals surface area (Å²) in [5.41, 5.74) is 1.59. The van der Waals surface area contributed by atoms with Crippen molar-refractivity contribution >= 4 is 33.0 Å². The molecule has 0 spiro atoms. The molecule has 1 aromatic heterocycles. The molecule has 0 radical (unpaired) electrons. The van der Waals surface area contributed by atoms with E-state index in [0.717, 1.165) is 40.5 Å². The lowest BCUT2D eigenvalue weighted by atomic mass is 9.97. The van der Waals surface area contributed by atoms with Crippen molar-refractivity contribution in [2.24, 2.45) is 0 Å². The number of benzene rings is 1. The number of hydrogen-bond acceptors (Lipinski definition) is 3. The number of hydrogen-bond donors (Lipinski definition) is 0. The standard InChI is InChI=1S/C18H20BrNO3/c1-18(2,3)23-17(21)20-11-5-7-13(20)16-12-6-4-10(19)8-14(12)22-15(16)9-11/h4,6,8,11,13H,5,7,9H2,1-3H3. The van der Waals surface area contributed by atoms with E-state index in [0.29, 0.717) is 0 Å². The van der Waals surface area contributed by atoms with Gasteiger partial charge in [0.05, 0.1) is 6.04 Å². The Morgan fingerprint density at radius 2 is 2.13 bits per heavy atom. The summed E-state index contributed by atoms with van der Waals surface area (Å²) in [6.07, 6.45) is 2.55. The second-order valence-electron chi connectivity index (χ2n) is 7.42. The molecule has 2 unspecified atom stereocenters. The van der Waals surface area contributed by atoms with Crippen LogP contribution in [-0.2, 0) is 11.2 Å². The SMILES string of the molecule is CC(C)(C)OC(=O)N1C2CCC1c1c(oc3cc(Br)ccc13)C2. The molecular formula is C18H20BrNO3. The van der Waals surface area contributed by atoms with Crippen LogP contribution in [0.15, 0.2) is 27.1 Å². The molecule has 2 aliphatic heterocycles. The van der Waals surface area contributed by atoms with Crippen molar-refractivity contribution in [3.05, 3.63) is 34.0 Å². The lowest BCUT2D eigenvalue weighted by Crippen LogP contribution is -2.44. The lowest BCUT2D eigenvalue weighted by molar-refractivity contribution is 0.0119. The van der Waals surface area contributed by atoms with Gasteiger partial charge in [0.15, 0.2) is 0 Å². The van der Waals surface area contributed by atoms with E-state index in [2.05, 4.69) is 22.0 Å². The molecule has 1 fully saturated rings. The molecule has 122 valence electrons. The lowest BCUT2D eigenvalue weighted by Gasteiger charge is -2.35. The van der Waals surface area contributed by atoms with Crippen molar-refractivity contribution in [2.45, 2.75) is 57.7 Å². The summed E-state index contributed by atoms with van der Waals surface area (Å²) in [7, 11) is 0. The van der Waals surface area contributed by atoms with Gasteiger partial charge in [-0.15, -0.1) is 0 Å². The molecule has 0 N–H and O–H groups in total. The second-order valence-corrected chi connectivity index (χ2v) is 8.33. The molecule has 2 bridgehead atoms. The molecule has 1 aromatic carbocycles. The topological polar surface area (TPSA) is 42.7 Å². The van der Waals surface area contributed by atoms with E-state index in [1.807, 2.05) is 37.8 Å². The smallest absolute Gasteiger partial charge is 0.411 e. The van der Waals surface area contributed by atoms with Gasteiger partial charge < -0.3 is 9.15 Å². The van der Waals surface area contributed by atoms with E-state index in [4.69, 9.17) is 9.15 Å². The zero-order chi connectivity index (χ0) is 16.4. The molecule has 23 heavy (non-hydrogen) atoms. The van der Waals surface area contributed by atoms with Gasteiger partial charge in [-0.2, -0.15) is 0 Å². The predicted octanol–water partition coefficient (Wildman–Crippen LogP) is 5.19. The Hall–Kier alpha value is -1.49. The van der Waals surface area contributed by atoms with E-state index >= 15 is 0 Å². The summed E-state index contributed by atoms with van der Waals surface area (Å²) < 4.78 is 12.7. The number of amides is 1. The largest absolute Gasteiger partial charge is 0.461 e. The molecule has 2 atom stereocenters. The molecule has 0 aliphatic carbocycles. The van der Waals surface area contributed by atoms with E-state index in [1.54, 1.807) is 0 Å². The number of carbonyl (C=O) groups is 1. The van der Waals surface area contributed by atoms with Crippen LogP contribution < -0.4 is 0 Å². The number of fused-ring (bicyclic) bond motifs is 6. The maximum absolute atomic E-state index is 12.7. The molecule has 1 amide bonds. The van der Waals surface area contributed by atoms with Gasteiger partial charge in [-0.05, 0) is 51.8 Å². The number of halogens is 1. The predicted molar refractivity (Wildman–Crippen MR) is 91.5 cm³/mol. The number of ether oxygens (including phenoxy) is 1. The minimum absolute atomic E-state index is 0.0704. The summed E-state index contributed by atoms with van der Waals surface area (Å²) >= 11 is 3.49. The number of furan rings is 1. The molecule has 5 heteroatoms. The van der Waals surface area contributed by atoms with Gasteiger partial charge >= 0.3 is 6.09 Å². The average Bonchev–Trinajstić information content (AvgIpc) is 2.94. The fourth-order valence-electron chi connectivity index (χ4n) is 3.83. The van der Waals surface area contributed by atoms with E-state index in [1.165, 1.54) is 5.56 Å². The van der Waals surface area contributed by atoms with Crippen molar-refractivity contribution in [3.63, 3.8) is 0 Å². The van der Waals surface area contributed by atoms with E-state index in [-0.39, 0.29) is 18.2 Å². The highest BCUT2D eigenvalue weighted by molar-refractivity contribution is 9.10. The van der Waals surface area contributed by atoms with Crippen molar-refractivity contribution in [1.29, 1.82) is 0 Å². The number of carbonyl (C=O) groups excluding carboxylic acids is 1. The molecule has 3 heterocycles. The molecule has 4 rings (SSSR count). The van der Waals surface area contributed by atoms with Gasteiger partial charge in [-0.25, -0.2) is 4.79 Å². The average molecular weight is 378 g/mol. The summed E-state index contributed by atoms with van der Waals surface area (Å²) in [6, 6.07) is 6.36. The van der Waals surface area contributed by atoms with Crippen molar-refractivity contribution in [1.82, 2.24) is 4.90 Å². The quantitative estimate of drug-likeness (QED) is 0.634. The van der Waals surface area contributed by atoms with E-state index in [9.17, 15) is 4.79 Å². The summed E-state index contributed by atoms with van der Waals surface area (Å²) in [6.45, 7) is 5.73. The zero-order valence-electron chi connectivity index (χ0n) is 13.6. The van der Waals surface area contributed by atoms with Crippen LogP contribution in [0.25, 0.3) is 11.0 Å². The zero-order valence-corrected chi connectivity index (χ0v) is 15.1. The molecule has 2 aliphatic rings. The van der Waals surface area contributed by atoms with Gasteiger partial charge in [0.25, 0.3) is 0 Å². The van der Waals surface area contributed by atoms with Crippen LogP contribution in [0.3, 0.4) is 0 Å². The monoisotopic (exact) mass is 377 g/mol. The maximum atomic E-state index is 12.7. The van der Waals surface area contributed by atoms with Crippen LogP contribution in [0, 0.1) is 0 Å². The Morgan fingerprint density at radius 1 is 1.35 bits per heavy atom. The Labute approximate surface area is 143 Å². The molecule has 2 aromatic rings. The van der Waals surface area contributed by atoms with Gasteiger partial charge in [0.1, 0.15) is 16.9 Å². The van der Waals surface area contributed by atoms with Gasteiger partial charge in [-0.3, -0.25) is 4.90 Å². The van der Waals surface area contributed by atoms with Crippen LogP contribution in [-0.4, -0.2) is 22.6 Å². The summed E-state index contributed by atoms with van der Waals surface area (Å²) in [4.78, 5) is 14.6. The number of nitrogens with zero attached hydrogens (tertiary/aromatic N) is 1. The highest BCUT2D eigenvalue weighted by Crippen LogP contribution is 2.48. The fraction of sp³-hybridized carbons (Fsp3) is 0.500. The summed E-state index contributed by atoms with van der Waals surface area (Å²) in [5.74, 6) is 1.03. The molecule has 4 nitrogen and oxygen atoms in total. The first-order valence-corrected chi connectivity index (χ1v) is 8.85. The van der Waals surface area contributed by atoms with Crippen molar-refractivity contribution in [2.75, 3.05) is 0 Å². The highest BCUT2D eigenvalue weighted by Gasteiger charge is 2.46. The first-order valence-electron chi connectivity index (χ1n) is 8.05. The summed E-state index contributed by atoms with van der Waals surface area (Å²) in [5, 5.41) is 1.11. The first kappa shape index (κ1) is 15.1. The normalized spacial score (nSPS) is 23.2. The van der Waals surface area contributed by atoms with Crippen LogP contribution in [0.5, 0.6) is 0 Å². The van der Waals surface area contributed by atoms with Crippen molar-refractivity contribution in [3.8, 4) is 0 Å². The van der Waals surface area contributed by atoms with E-state index < -0.39 is 5.60 Å². The third-order valence-electron chi connectivity index (χ3n) is 4.63. The van der Waals surface area contributed by atoms with Gasteiger partial charge in [-0.1, -0.05) is 15.9 Å². The second kappa shape index (κ2) is 5.00.